The number of hydrogen-bond acceptors (Lipinski definition) is 11. The Morgan fingerprint density at radius 2 is 2.03 bits per heavy atom. The minimum Gasteiger partial charge on any atom is -0.493 e. The fourth-order valence-electron chi connectivity index (χ4n) is 6.51. The van der Waals surface area contributed by atoms with Crippen molar-refractivity contribution in [1.29, 1.82) is 0 Å². The van der Waals surface area contributed by atoms with Crippen LogP contribution in [0.3, 0.4) is 0 Å². The maximum Gasteiger partial charge on any atom is 0.348 e. The topological polar surface area (TPSA) is 158 Å². The Labute approximate surface area is 218 Å². The van der Waals surface area contributed by atoms with Crippen LogP contribution in [-0.2, 0) is 45.2 Å². The van der Waals surface area contributed by atoms with Crippen LogP contribution in [0, 0.1) is 0 Å². The van der Waals surface area contributed by atoms with Gasteiger partial charge in [-0.1, -0.05) is 6.07 Å². The Morgan fingerprint density at radius 1 is 1.26 bits per heavy atom. The Bertz CT molecular complexity index is 1240. The molecule has 12 nitrogen and oxygen atoms in total. The summed E-state index contributed by atoms with van der Waals surface area (Å²) in [5, 5.41) is 21.0. The van der Waals surface area contributed by atoms with Crippen molar-refractivity contribution in [2.45, 2.75) is 61.9 Å². The second kappa shape index (κ2) is 9.28. The van der Waals surface area contributed by atoms with Gasteiger partial charge in [-0.05, 0) is 44.1 Å². The molecule has 2 bridgehead atoms. The van der Waals surface area contributed by atoms with E-state index in [-0.39, 0.29) is 18.2 Å². The largest absolute Gasteiger partial charge is 0.493 e. The van der Waals surface area contributed by atoms with E-state index in [4.69, 9.17) is 24.1 Å². The van der Waals surface area contributed by atoms with Crippen molar-refractivity contribution in [2.24, 2.45) is 0 Å². The number of carboxylic acid groups (broad SMARTS) is 1. The van der Waals surface area contributed by atoms with Crippen LogP contribution in [0.25, 0.3) is 0 Å². The average molecular weight is 532 g/mol. The summed E-state index contributed by atoms with van der Waals surface area (Å²) < 4.78 is 27.1. The van der Waals surface area contributed by atoms with Crippen molar-refractivity contribution in [3.05, 3.63) is 35.1 Å². The summed E-state index contributed by atoms with van der Waals surface area (Å²) in [6.07, 6.45) is -0.225. The Hall–Kier alpha value is -3.64. The van der Waals surface area contributed by atoms with Crippen molar-refractivity contribution in [2.75, 3.05) is 27.3 Å². The van der Waals surface area contributed by atoms with Crippen molar-refractivity contribution >= 4 is 23.9 Å². The van der Waals surface area contributed by atoms with Crippen LogP contribution in [-0.4, -0.2) is 90.2 Å². The number of esters is 3. The van der Waals surface area contributed by atoms with Gasteiger partial charge in [-0.2, -0.15) is 0 Å². The third-order valence-corrected chi connectivity index (χ3v) is 8.05. The summed E-state index contributed by atoms with van der Waals surface area (Å²) in [5.41, 5.74) is -0.174. The Kier molecular flexibility index (Phi) is 6.35. The van der Waals surface area contributed by atoms with Gasteiger partial charge in [0.05, 0.1) is 24.5 Å². The van der Waals surface area contributed by atoms with Gasteiger partial charge >= 0.3 is 23.9 Å². The van der Waals surface area contributed by atoms with E-state index >= 15 is 0 Å². The molecular formula is C26H29NO11. The zero-order chi connectivity index (χ0) is 27.4. The maximum absolute atomic E-state index is 13.0. The lowest BCUT2D eigenvalue weighted by Crippen LogP contribution is -2.74. The van der Waals surface area contributed by atoms with Crippen LogP contribution in [0.5, 0.6) is 11.5 Å². The van der Waals surface area contributed by atoms with Crippen LogP contribution < -0.4 is 9.47 Å². The predicted molar refractivity (Wildman–Crippen MR) is 126 cm³/mol. The number of likely N-dealkylation sites (N-methyl/N-ethyl adjacent to an activating group) is 1. The molecule has 38 heavy (non-hydrogen) atoms. The fraction of sp³-hybridized carbons (Fsp3) is 0.538. The lowest BCUT2D eigenvalue weighted by atomic mass is 9.50. The first-order valence-electron chi connectivity index (χ1n) is 12.3. The van der Waals surface area contributed by atoms with Gasteiger partial charge in [0.25, 0.3) is 0 Å². The molecule has 12 heteroatoms. The molecule has 5 atom stereocenters. The molecule has 1 aromatic rings. The predicted octanol–water partition coefficient (Wildman–Crippen LogP) is 0.466. The Morgan fingerprint density at radius 3 is 2.71 bits per heavy atom. The number of aliphatic carboxylic acids is 1. The van der Waals surface area contributed by atoms with Gasteiger partial charge in [-0.3, -0.25) is 9.59 Å². The van der Waals surface area contributed by atoms with Gasteiger partial charge in [0, 0.05) is 24.9 Å². The lowest BCUT2D eigenvalue weighted by Gasteiger charge is -2.61. The van der Waals surface area contributed by atoms with Crippen molar-refractivity contribution in [3.63, 3.8) is 0 Å². The second-order valence-corrected chi connectivity index (χ2v) is 10.1. The minimum atomic E-state index is -1.69. The summed E-state index contributed by atoms with van der Waals surface area (Å²) in [4.78, 5) is 49.6. The summed E-state index contributed by atoms with van der Waals surface area (Å²) in [6.45, 7) is 0.778. The van der Waals surface area contributed by atoms with E-state index in [9.17, 15) is 24.3 Å². The highest BCUT2D eigenvalue weighted by molar-refractivity contribution is 5.85. The van der Waals surface area contributed by atoms with Crippen LogP contribution in [0.4, 0.5) is 0 Å². The number of carbonyl (C=O) groups is 4. The summed E-state index contributed by atoms with van der Waals surface area (Å²) in [5.74, 6) is -3.17. The summed E-state index contributed by atoms with van der Waals surface area (Å²) >= 11 is 0. The number of benzene rings is 1. The average Bonchev–Trinajstić information content (AvgIpc) is 3.21. The third-order valence-electron chi connectivity index (χ3n) is 8.05. The molecule has 2 heterocycles. The van der Waals surface area contributed by atoms with Gasteiger partial charge in [0.1, 0.15) is 5.76 Å². The normalized spacial score (nSPS) is 29.2. The first kappa shape index (κ1) is 26.0. The number of ether oxygens (including phenoxy) is 5. The molecule has 2 N–H and O–H groups in total. The molecule has 4 aliphatic rings. The van der Waals surface area contributed by atoms with E-state index in [1.807, 2.05) is 19.2 Å². The maximum atomic E-state index is 13.0. The number of carbonyl (C=O) groups excluding carboxylic acids is 3. The molecule has 0 aromatic heterocycles. The molecule has 2 aliphatic heterocycles. The van der Waals surface area contributed by atoms with Crippen molar-refractivity contribution < 1.29 is 53.1 Å². The molecule has 1 aromatic carbocycles. The van der Waals surface area contributed by atoms with E-state index in [0.717, 1.165) is 18.1 Å². The first-order valence-corrected chi connectivity index (χ1v) is 12.3. The molecule has 1 spiro atoms. The zero-order valence-corrected chi connectivity index (χ0v) is 21.2. The van der Waals surface area contributed by atoms with Crippen LogP contribution in [0.15, 0.2) is 24.0 Å². The molecule has 0 amide bonds. The number of methoxy groups -OCH3 is 1. The molecule has 0 radical (unpaired) electrons. The number of hydrogen-bond donors (Lipinski definition) is 2. The molecule has 2 aliphatic carbocycles. The van der Waals surface area contributed by atoms with Crippen molar-refractivity contribution in [1.82, 2.24) is 4.90 Å². The number of likely N-dealkylation sites (tertiary alicyclic amines) is 1. The molecular weight excluding hydrogens is 502 g/mol. The molecule has 5 rings (SSSR count). The standard InChI is InChI=1S/C26H29NO11/c1-13(28)36-17(24(32)35-12-19(29)30)11-20(31)37-16-6-7-26(33)18-10-14-4-5-15(34-3)22-21(14)25(26,23(16)38-22)8-9-27(18)2/h4-6,17-18,23,33H,7-12H2,1-3H3,(H,29,30)/t17-,18+,23-,25-,26+/m0/s1. The summed E-state index contributed by atoms with van der Waals surface area (Å²) in [7, 11) is 3.51. The van der Waals surface area contributed by atoms with E-state index in [0.29, 0.717) is 30.9 Å². The lowest BCUT2D eigenvalue weighted by molar-refractivity contribution is -0.175. The van der Waals surface area contributed by atoms with Crippen LogP contribution in [0.2, 0.25) is 0 Å². The highest BCUT2D eigenvalue weighted by atomic mass is 16.6. The van der Waals surface area contributed by atoms with E-state index in [2.05, 4.69) is 9.64 Å². The zero-order valence-electron chi connectivity index (χ0n) is 21.2. The molecule has 1 saturated heterocycles. The van der Waals surface area contributed by atoms with E-state index < -0.39 is 60.1 Å². The fourth-order valence-corrected chi connectivity index (χ4v) is 6.51. The molecule has 1 fully saturated rings. The molecule has 0 unspecified atom stereocenters. The summed E-state index contributed by atoms with van der Waals surface area (Å²) in [6, 6.07) is 3.62. The quantitative estimate of drug-likeness (QED) is 0.353. The van der Waals surface area contributed by atoms with Gasteiger partial charge in [0.2, 0.25) is 6.10 Å². The minimum absolute atomic E-state index is 0.176. The second-order valence-electron chi connectivity index (χ2n) is 10.1. The Balaban J connectivity index is 1.45. The van der Waals surface area contributed by atoms with E-state index in [1.165, 1.54) is 7.11 Å². The van der Waals surface area contributed by atoms with Gasteiger partial charge < -0.3 is 38.8 Å². The van der Waals surface area contributed by atoms with Crippen LogP contribution in [0.1, 0.15) is 37.3 Å². The molecule has 204 valence electrons. The highest BCUT2D eigenvalue weighted by Crippen LogP contribution is 2.65. The number of aliphatic hydroxyl groups is 1. The highest BCUT2D eigenvalue weighted by Gasteiger charge is 2.72. The molecule has 0 saturated carbocycles. The van der Waals surface area contributed by atoms with Gasteiger partial charge in [-0.15, -0.1) is 0 Å². The first-order chi connectivity index (χ1) is 18.0. The third kappa shape index (κ3) is 3.81. The van der Waals surface area contributed by atoms with Gasteiger partial charge in [-0.25, -0.2) is 9.59 Å². The number of rotatable bonds is 8. The number of carboxylic acids is 1. The number of piperidine rings is 1. The SMILES string of the molecule is COc1ccc2c3c1O[C@H]1C(OC(=O)C[C@H](OC(C)=O)C(=O)OCC(=O)O)=CC[C@@]4(O)[C@@H](C2)N(C)CC[C@]314. The smallest absolute Gasteiger partial charge is 0.348 e. The van der Waals surface area contributed by atoms with E-state index in [1.54, 1.807) is 6.08 Å². The van der Waals surface area contributed by atoms with Gasteiger partial charge in [0.15, 0.2) is 24.2 Å². The van der Waals surface area contributed by atoms with Crippen LogP contribution >= 0.6 is 0 Å². The monoisotopic (exact) mass is 531 g/mol. The number of nitrogens with zero attached hydrogens (tertiary/aromatic N) is 1. The van der Waals surface area contributed by atoms with Crippen molar-refractivity contribution in [3.8, 4) is 11.5 Å².